The third-order valence-electron chi connectivity index (χ3n) is 0.637. The van der Waals surface area contributed by atoms with E-state index < -0.39 is 0 Å². The van der Waals surface area contributed by atoms with Crippen molar-refractivity contribution in [2.24, 2.45) is 16.3 Å². The summed E-state index contributed by atoms with van der Waals surface area (Å²) in [5, 5.41) is 10.5. The summed E-state index contributed by atoms with van der Waals surface area (Å²) in [6.45, 7) is 6.04. The molecule has 10 heavy (non-hydrogen) atoms. The van der Waals surface area contributed by atoms with E-state index in [4.69, 9.17) is 11.1 Å². The predicted molar refractivity (Wildman–Crippen MR) is 43.0 cm³/mol. The number of nitrogens with two attached hydrogens (primary N) is 1. The van der Waals surface area contributed by atoms with Crippen LogP contribution in [0.1, 0.15) is 20.8 Å². The highest BCUT2D eigenvalue weighted by Crippen LogP contribution is 2.07. The first kappa shape index (κ1) is 8.94. The van der Waals surface area contributed by atoms with Crippen molar-refractivity contribution < 1.29 is 0 Å². The van der Waals surface area contributed by atoms with E-state index in [0.29, 0.717) is 0 Å². The van der Waals surface area contributed by atoms with Crippen molar-refractivity contribution in [3.05, 3.63) is 0 Å². The largest absolute Gasteiger partial charge is 0.369 e. The van der Waals surface area contributed by atoms with Gasteiger partial charge in [0.1, 0.15) is 0 Å². The SMILES string of the molecule is CC(C)(C)/C=N/NC(=N)N. The molecule has 0 heterocycles. The number of nitrogens with zero attached hydrogens (tertiary/aromatic N) is 1. The first-order valence-corrected chi connectivity index (χ1v) is 3.06. The minimum Gasteiger partial charge on any atom is -0.369 e. The van der Waals surface area contributed by atoms with Crippen LogP contribution in [0.4, 0.5) is 0 Å². The Morgan fingerprint density at radius 3 is 2.40 bits per heavy atom. The number of rotatable bonds is 1. The van der Waals surface area contributed by atoms with Crippen LogP contribution in [0.25, 0.3) is 0 Å². The Morgan fingerprint density at radius 1 is 1.60 bits per heavy atom. The molecule has 0 atom stereocenters. The molecule has 0 fully saturated rings. The van der Waals surface area contributed by atoms with Gasteiger partial charge < -0.3 is 5.73 Å². The van der Waals surface area contributed by atoms with Crippen molar-refractivity contribution in [3.63, 3.8) is 0 Å². The molecule has 0 aliphatic carbocycles. The molecule has 0 unspecified atom stereocenters. The van der Waals surface area contributed by atoms with Crippen molar-refractivity contribution in [2.45, 2.75) is 20.8 Å². The van der Waals surface area contributed by atoms with Gasteiger partial charge in [0.05, 0.1) is 0 Å². The van der Waals surface area contributed by atoms with Crippen LogP contribution in [0.3, 0.4) is 0 Å². The molecule has 0 aromatic rings. The molecule has 0 radical (unpaired) electrons. The highest BCUT2D eigenvalue weighted by atomic mass is 15.3. The third kappa shape index (κ3) is 6.94. The summed E-state index contributed by atoms with van der Waals surface area (Å²) in [7, 11) is 0. The van der Waals surface area contributed by atoms with Crippen LogP contribution in [-0.2, 0) is 0 Å². The fraction of sp³-hybridized carbons (Fsp3) is 0.667. The molecule has 0 bridgehead atoms. The number of guanidine groups is 1. The maximum atomic E-state index is 6.76. The molecule has 4 nitrogen and oxygen atoms in total. The van der Waals surface area contributed by atoms with Gasteiger partial charge in [-0.1, -0.05) is 20.8 Å². The molecule has 0 amide bonds. The zero-order valence-electron chi connectivity index (χ0n) is 6.60. The average molecular weight is 142 g/mol. The zero-order valence-corrected chi connectivity index (χ0v) is 6.60. The summed E-state index contributed by atoms with van der Waals surface area (Å²) < 4.78 is 0. The molecule has 4 heteroatoms. The van der Waals surface area contributed by atoms with Gasteiger partial charge in [0.2, 0.25) is 5.96 Å². The Hall–Kier alpha value is -1.06. The fourth-order valence-corrected chi connectivity index (χ4v) is 0.295. The van der Waals surface area contributed by atoms with Crippen LogP contribution in [0, 0.1) is 10.8 Å². The lowest BCUT2D eigenvalue weighted by Crippen LogP contribution is -2.26. The molecule has 0 saturated carbocycles. The highest BCUT2D eigenvalue weighted by Gasteiger charge is 2.04. The molecule has 0 saturated heterocycles. The van der Waals surface area contributed by atoms with E-state index in [1.165, 1.54) is 0 Å². The van der Waals surface area contributed by atoms with Gasteiger partial charge in [0.25, 0.3) is 0 Å². The summed E-state index contributed by atoms with van der Waals surface area (Å²) in [5.41, 5.74) is 7.34. The molecule has 0 aromatic heterocycles. The third-order valence-corrected chi connectivity index (χ3v) is 0.637. The molecular weight excluding hydrogens is 128 g/mol. The Bertz CT molecular complexity index is 142. The fourth-order valence-electron chi connectivity index (χ4n) is 0.295. The van der Waals surface area contributed by atoms with Gasteiger partial charge in [-0.2, -0.15) is 5.10 Å². The summed E-state index contributed by atoms with van der Waals surface area (Å²) in [5.74, 6) is -0.138. The smallest absolute Gasteiger partial charge is 0.206 e. The number of hydrazone groups is 1. The van der Waals surface area contributed by atoms with E-state index in [9.17, 15) is 0 Å². The van der Waals surface area contributed by atoms with Gasteiger partial charge in [-0.05, 0) is 5.41 Å². The van der Waals surface area contributed by atoms with E-state index >= 15 is 0 Å². The molecule has 0 rings (SSSR count). The monoisotopic (exact) mass is 142 g/mol. The molecule has 0 aliphatic heterocycles. The standard InChI is InChI=1S/C6H14N4/c1-6(2,3)4-9-10-5(7)8/h4H,1-3H3,(H4,7,8,10)/b9-4+. The van der Waals surface area contributed by atoms with Crippen molar-refractivity contribution in [1.29, 1.82) is 5.41 Å². The minimum absolute atomic E-state index is 0.0302. The van der Waals surface area contributed by atoms with Gasteiger partial charge in [0, 0.05) is 6.21 Å². The normalized spacial score (nSPS) is 11.9. The van der Waals surface area contributed by atoms with Crippen LogP contribution in [-0.4, -0.2) is 12.2 Å². The first-order chi connectivity index (χ1) is 4.42. The minimum atomic E-state index is -0.138. The number of nitrogens with one attached hydrogen (secondary N) is 2. The van der Waals surface area contributed by atoms with E-state index in [-0.39, 0.29) is 11.4 Å². The second kappa shape index (κ2) is 3.20. The number of hydrogen-bond acceptors (Lipinski definition) is 2. The van der Waals surface area contributed by atoms with Crippen LogP contribution in [0.15, 0.2) is 5.10 Å². The summed E-state index contributed by atoms with van der Waals surface area (Å²) in [6.07, 6.45) is 1.70. The Kier molecular flexibility index (Phi) is 2.86. The second-order valence-electron chi connectivity index (χ2n) is 3.15. The van der Waals surface area contributed by atoms with E-state index in [1.54, 1.807) is 6.21 Å². The Morgan fingerprint density at radius 2 is 2.10 bits per heavy atom. The molecule has 0 aromatic carbocycles. The quantitative estimate of drug-likeness (QED) is 0.283. The molecule has 4 N–H and O–H groups in total. The van der Waals surface area contributed by atoms with Crippen LogP contribution >= 0.6 is 0 Å². The Labute approximate surface area is 61.0 Å². The zero-order chi connectivity index (χ0) is 8.20. The van der Waals surface area contributed by atoms with Crippen molar-refractivity contribution in [2.75, 3.05) is 0 Å². The molecular formula is C6H14N4. The summed E-state index contributed by atoms with van der Waals surface area (Å²) in [6, 6.07) is 0. The second-order valence-corrected chi connectivity index (χ2v) is 3.15. The predicted octanol–water partition coefficient (Wildman–Crippen LogP) is 0.501. The van der Waals surface area contributed by atoms with Gasteiger partial charge in [0.15, 0.2) is 0 Å². The van der Waals surface area contributed by atoms with Crippen molar-refractivity contribution in [1.82, 2.24) is 5.43 Å². The lowest BCUT2D eigenvalue weighted by molar-refractivity contribution is 0.602. The number of hydrogen-bond donors (Lipinski definition) is 3. The topological polar surface area (TPSA) is 74.3 Å². The molecule has 0 spiro atoms. The van der Waals surface area contributed by atoms with E-state index in [1.807, 2.05) is 20.8 Å². The maximum absolute atomic E-state index is 6.76. The summed E-state index contributed by atoms with van der Waals surface area (Å²) >= 11 is 0. The lowest BCUT2D eigenvalue weighted by Gasteiger charge is -2.09. The maximum Gasteiger partial charge on any atom is 0.206 e. The van der Waals surface area contributed by atoms with E-state index in [2.05, 4.69) is 10.5 Å². The van der Waals surface area contributed by atoms with Crippen LogP contribution in [0.2, 0.25) is 0 Å². The molecule has 0 aliphatic rings. The average Bonchev–Trinajstić information content (AvgIpc) is 1.59. The lowest BCUT2D eigenvalue weighted by atomic mass is 9.99. The van der Waals surface area contributed by atoms with Gasteiger partial charge in [-0.15, -0.1) is 0 Å². The van der Waals surface area contributed by atoms with Gasteiger partial charge in [-0.25, -0.2) is 5.43 Å². The van der Waals surface area contributed by atoms with Gasteiger partial charge in [-0.3, -0.25) is 5.41 Å². The highest BCUT2D eigenvalue weighted by molar-refractivity contribution is 5.75. The van der Waals surface area contributed by atoms with Crippen molar-refractivity contribution in [3.8, 4) is 0 Å². The van der Waals surface area contributed by atoms with Crippen LogP contribution < -0.4 is 11.2 Å². The van der Waals surface area contributed by atoms with Crippen LogP contribution in [0.5, 0.6) is 0 Å². The first-order valence-electron chi connectivity index (χ1n) is 3.06. The summed E-state index contributed by atoms with van der Waals surface area (Å²) in [4.78, 5) is 0. The molecule has 58 valence electrons. The Balaban J connectivity index is 3.67. The van der Waals surface area contributed by atoms with E-state index in [0.717, 1.165) is 0 Å². The van der Waals surface area contributed by atoms with Crippen molar-refractivity contribution >= 4 is 12.2 Å². The van der Waals surface area contributed by atoms with Gasteiger partial charge >= 0.3 is 0 Å².